The summed E-state index contributed by atoms with van der Waals surface area (Å²) in [6.07, 6.45) is 7.74. The normalized spacial score (nSPS) is 16.5. The number of amides is 1. The molecule has 0 saturated carbocycles. The Labute approximate surface area is 195 Å². The molecule has 2 aliphatic heterocycles. The lowest BCUT2D eigenvalue weighted by Crippen LogP contribution is -2.35. The SMILES string of the molecule is Nc1cc(C(=O)NCCc2ccc(C(=O)O)cc2)c(N2CCCCC2)cc1N1CCCCC1. The minimum Gasteiger partial charge on any atom is -0.478 e. The Kier molecular flexibility index (Phi) is 7.37. The van der Waals surface area contributed by atoms with Gasteiger partial charge in [-0.2, -0.15) is 0 Å². The van der Waals surface area contributed by atoms with Gasteiger partial charge in [-0.25, -0.2) is 4.79 Å². The van der Waals surface area contributed by atoms with Crippen molar-refractivity contribution in [1.82, 2.24) is 5.32 Å². The van der Waals surface area contributed by atoms with E-state index in [9.17, 15) is 9.59 Å². The minimum absolute atomic E-state index is 0.116. The van der Waals surface area contributed by atoms with Gasteiger partial charge in [0.25, 0.3) is 5.91 Å². The monoisotopic (exact) mass is 450 g/mol. The number of nitrogens with zero attached hydrogens (tertiary/aromatic N) is 2. The maximum absolute atomic E-state index is 13.2. The molecule has 2 aliphatic rings. The summed E-state index contributed by atoms with van der Waals surface area (Å²) >= 11 is 0. The van der Waals surface area contributed by atoms with E-state index in [0.717, 1.165) is 56.0 Å². The van der Waals surface area contributed by atoms with Crippen molar-refractivity contribution in [3.05, 3.63) is 53.1 Å². The van der Waals surface area contributed by atoms with E-state index < -0.39 is 5.97 Å². The predicted molar refractivity (Wildman–Crippen MR) is 132 cm³/mol. The first kappa shape index (κ1) is 23.0. The Morgan fingerprint density at radius 2 is 1.42 bits per heavy atom. The molecular weight excluding hydrogens is 416 g/mol. The first-order valence-corrected chi connectivity index (χ1v) is 12.1. The van der Waals surface area contributed by atoms with Crippen LogP contribution in [0.5, 0.6) is 0 Å². The molecule has 0 aromatic heterocycles. The molecule has 1 amide bonds. The molecule has 0 bridgehead atoms. The standard InChI is InChI=1S/C26H34N4O3/c27-22-17-21(25(31)28-12-11-19-7-9-20(10-8-19)26(32)33)23(29-13-3-1-4-14-29)18-24(22)30-15-5-2-6-16-30/h7-10,17-18H,1-6,11-16,27H2,(H,28,31)(H,32,33). The molecule has 7 heteroatoms. The van der Waals surface area contributed by atoms with Gasteiger partial charge in [-0.3, -0.25) is 4.79 Å². The van der Waals surface area contributed by atoms with Gasteiger partial charge in [0, 0.05) is 32.7 Å². The van der Waals surface area contributed by atoms with Crippen molar-refractivity contribution < 1.29 is 14.7 Å². The number of carboxylic acids is 1. The topological polar surface area (TPSA) is 98.9 Å². The molecule has 2 fully saturated rings. The summed E-state index contributed by atoms with van der Waals surface area (Å²) in [4.78, 5) is 28.9. The third kappa shape index (κ3) is 5.59. The van der Waals surface area contributed by atoms with Gasteiger partial charge in [0.15, 0.2) is 0 Å². The number of piperidine rings is 2. The third-order valence-corrected chi connectivity index (χ3v) is 6.68. The average Bonchev–Trinajstić information content (AvgIpc) is 2.85. The summed E-state index contributed by atoms with van der Waals surface area (Å²) in [7, 11) is 0. The molecular formula is C26H34N4O3. The molecule has 2 saturated heterocycles. The molecule has 7 nitrogen and oxygen atoms in total. The summed E-state index contributed by atoms with van der Waals surface area (Å²) in [5, 5.41) is 12.1. The van der Waals surface area contributed by atoms with Crippen LogP contribution in [0.3, 0.4) is 0 Å². The van der Waals surface area contributed by atoms with Crippen LogP contribution in [0.2, 0.25) is 0 Å². The van der Waals surface area contributed by atoms with Crippen LogP contribution in [0.15, 0.2) is 36.4 Å². The van der Waals surface area contributed by atoms with Crippen LogP contribution in [0, 0.1) is 0 Å². The molecule has 0 radical (unpaired) electrons. The van der Waals surface area contributed by atoms with Gasteiger partial charge in [-0.05, 0) is 74.8 Å². The van der Waals surface area contributed by atoms with Crippen LogP contribution in [0.25, 0.3) is 0 Å². The molecule has 2 heterocycles. The first-order valence-electron chi connectivity index (χ1n) is 12.1. The second-order valence-electron chi connectivity index (χ2n) is 9.03. The van der Waals surface area contributed by atoms with Gasteiger partial charge in [0.1, 0.15) is 0 Å². The lowest BCUT2D eigenvalue weighted by Gasteiger charge is -2.34. The lowest BCUT2D eigenvalue weighted by molar-refractivity contribution is 0.0696. The fourth-order valence-corrected chi connectivity index (χ4v) is 4.81. The quantitative estimate of drug-likeness (QED) is 0.553. The molecule has 2 aromatic rings. The zero-order chi connectivity index (χ0) is 23.2. The Morgan fingerprint density at radius 3 is 2.00 bits per heavy atom. The Hall–Kier alpha value is -3.22. The number of nitrogens with two attached hydrogens (primary N) is 1. The first-order chi connectivity index (χ1) is 16.0. The second-order valence-corrected chi connectivity index (χ2v) is 9.03. The smallest absolute Gasteiger partial charge is 0.335 e. The van der Waals surface area contributed by atoms with Crippen molar-refractivity contribution in [2.24, 2.45) is 0 Å². The van der Waals surface area contributed by atoms with Gasteiger partial charge in [-0.15, -0.1) is 0 Å². The predicted octanol–water partition coefficient (Wildman–Crippen LogP) is 3.92. The highest BCUT2D eigenvalue weighted by Gasteiger charge is 2.23. The highest BCUT2D eigenvalue weighted by Crippen LogP contribution is 2.35. The van der Waals surface area contributed by atoms with Crippen LogP contribution in [0.4, 0.5) is 17.1 Å². The average molecular weight is 451 g/mol. The van der Waals surface area contributed by atoms with Crippen molar-refractivity contribution in [1.29, 1.82) is 0 Å². The number of carboxylic acid groups (broad SMARTS) is 1. The summed E-state index contributed by atoms with van der Waals surface area (Å²) in [6, 6.07) is 10.7. The number of nitrogen functional groups attached to an aromatic ring is 1. The molecule has 0 unspecified atom stereocenters. The van der Waals surface area contributed by atoms with Gasteiger partial charge < -0.3 is 26.0 Å². The highest BCUT2D eigenvalue weighted by atomic mass is 16.4. The van der Waals surface area contributed by atoms with Crippen LogP contribution in [-0.2, 0) is 6.42 Å². The molecule has 4 N–H and O–H groups in total. The van der Waals surface area contributed by atoms with Crippen molar-refractivity contribution in [2.75, 3.05) is 48.3 Å². The summed E-state index contributed by atoms with van der Waals surface area (Å²) in [5.74, 6) is -1.06. The highest BCUT2D eigenvalue weighted by molar-refractivity contribution is 6.02. The molecule has 0 spiro atoms. The molecule has 0 atom stereocenters. The summed E-state index contributed by atoms with van der Waals surface area (Å²) < 4.78 is 0. The summed E-state index contributed by atoms with van der Waals surface area (Å²) in [5.41, 5.74) is 11.0. The number of anilines is 3. The Balaban J connectivity index is 1.50. The van der Waals surface area contributed by atoms with Crippen LogP contribution >= 0.6 is 0 Å². The zero-order valence-electron chi connectivity index (χ0n) is 19.2. The fraction of sp³-hybridized carbons (Fsp3) is 0.462. The van der Waals surface area contributed by atoms with Crippen LogP contribution in [-0.4, -0.2) is 49.7 Å². The number of hydrogen-bond donors (Lipinski definition) is 3. The van der Waals surface area contributed by atoms with Gasteiger partial charge in [0.05, 0.1) is 28.2 Å². The van der Waals surface area contributed by atoms with E-state index in [0.29, 0.717) is 24.2 Å². The van der Waals surface area contributed by atoms with Crippen LogP contribution in [0.1, 0.15) is 64.8 Å². The van der Waals surface area contributed by atoms with E-state index in [1.165, 1.54) is 25.7 Å². The van der Waals surface area contributed by atoms with Gasteiger partial charge >= 0.3 is 5.97 Å². The molecule has 33 heavy (non-hydrogen) atoms. The van der Waals surface area contributed by atoms with E-state index in [2.05, 4.69) is 21.2 Å². The van der Waals surface area contributed by atoms with Crippen molar-refractivity contribution in [2.45, 2.75) is 44.9 Å². The van der Waals surface area contributed by atoms with Crippen molar-refractivity contribution >= 4 is 28.9 Å². The number of rotatable bonds is 7. The lowest BCUT2D eigenvalue weighted by atomic mass is 10.0. The van der Waals surface area contributed by atoms with Gasteiger partial charge in [0.2, 0.25) is 0 Å². The molecule has 0 aliphatic carbocycles. The number of carbonyl (C=O) groups excluding carboxylic acids is 1. The number of nitrogens with one attached hydrogen (secondary N) is 1. The van der Waals surface area contributed by atoms with Crippen molar-refractivity contribution in [3.8, 4) is 0 Å². The Morgan fingerprint density at radius 1 is 0.848 bits per heavy atom. The fourth-order valence-electron chi connectivity index (χ4n) is 4.81. The molecule has 2 aromatic carbocycles. The summed E-state index contributed by atoms with van der Waals surface area (Å²) in [6.45, 7) is 4.41. The molecule has 4 rings (SSSR count). The van der Waals surface area contributed by atoms with Crippen molar-refractivity contribution in [3.63, 3.8) is 0 Å². The third-order valence-electron chi connectivity index (χ3n) is 6.68. The maximum atomic E-state index is 13.2. The number of carbonyl (C=O) groups is 2. The van der Waals surface area contributed by atoms with E-state index in [1.54, 1.807) is 24.3 Å². The zero-order valence-corrected chi connectivity index (χ0v) is 19.2. The second kappa shape index (κ2) is 10.6. The van der Waals surface area contributed by atoms with Gasteiger partial charge in [-0.1, -0.05) is 12.1 Å². The number of aromatic carboxylic acids is 1. The van der Waals surface area contributed by atoms with E-state index in [1.807, 2.05) is 6.07 Å². The number of hydrogen-bond acceptors (Lipinski definition) is 5. The molecule has 176 valence electrons. The van der Waals surface area contributed by atoms with E-state index >= 15 is 0 Å². The maximum Gasteiger partial charge on any atom is 0.335 e. The van der Waals surface area contributed by atoms with E-state index in [-0.39, 0.29) is 11.5 Å². The van der Waals surface area contributed by atoms with E-state index in [4.69, 9.17) is 10.8 Å². The number of benzene rings is 2. The Bertz CT molecular complexity index is 978. The minimum atomic E-state index is -0.939. The largest absolute Gasteiger partial charge is 0.478 e. The van der Waals surface area contributed by atoms with Crippen LogP contribution < -0.4 is 20.9 Å².